The molecule has 2 rings (SSSR count). The molecule has 2 heteroatoms. The lowest BCUT2D eigenvalue weighted by Gasteiger charge is -2.13. The van der Waals surface area contributed by atoms with E-state index in [0.29, 0.717) is 12.0 Å². The zero-order valence-corrected chi connectivity index (χ0v) is 9.60. The van der Waals surface area contributed by atoms with Crippen molar-refractivity contribution >= 4 is 5.91 Å². The maximum absolute atomic E-state index is 11.6. The molecule has 16 heavy (non-hydrogen) atoms. The van der Waals surface area contributed by atoms with Crippen molar-refractivity contribution in [3.05, 3.63) is 35.9 Å². The van der Waals surface area contributed by atoms with E-state index in [1.54, 1.807) is 11.8 Å². The molecule has 1 aromatic carbocycles. The van der Waals surface area contributed by atoms with Crippen LogP contribution in [0.4, 0.5) is 0 Å². The molecule has 0 N–H and O–H groups in total. The van der Waals surface area contributed by atoms with E-state index in [-0.39, 0.29) is 5.91 Å². The topological polar surface area (TPSA) is 20.3 Å². The van der Waals surface area contributed by atoms with Crippen molar-refractivity contribution in [2.75, 3.05) is 7.05 Å². The summed E-state index contributed by atoms with van der Waals surface area (Å²) in [6, 6.07) is 10.7. The molecule has 0 radical (unpaired) electrons. The quantitative estimate of drug-likeness (QED) is 0.688. The van der Waals surface area contributed by atoms with Gasteiger partial charge in [-0.1, -0.05) is 36.3 Å². The number of hydrogen-bond acceptors (Lipinski definition) is 1. The van der Waals surface area contributed by atoms with E-state index < -0.39 is 0 Å². The number of benzene rings is 1. The monoisotopic (exact) mass is 213 g/mol. The lowest BCUT2D eigenvalue weighted by Crippen LogP contribution is -2.28. The van der Waals surface area contributed by atoms with Gasteiger partial charge in [0.2, 0.25) is 0 Å². The van der Waals surface area contributed by atoms with Gasteiger partial charge in [0.1, 0.15) is 0 Å². The maximum Gasteiger partial charge on any atom is 0.298 e. The van der Waals surface area contributed by atoms with E-state index in [9.17, 15) is 4.79 Å². The Labute approximate surface area is 96.3 Å². The van der Waals surface area contributed by atoms with Crippen LogP contribution in [0.15, 0.2) is 30.3 Å². The van der Waals surface area contributed by atoms with Crippen LogP contribution in [0, 0.1) is 11.8 Å². The number of likely N-dealkylation sites (N-methyl/N-ethyl adjacent to an activating group) is 1. The highest BCUT2D eigenvalue weighted by Gasteiger charge is 2.42. The first-order chi connectivity index (χ1) is 7.74. The molecule has 1 aliphatic carbocycles. The Morgan fingerprint density at radius 3 is 2.69 bits per heavy atom. The van der Waals surface area contributed by atoms with Crippen LogP contribution in [-0.4, -0.2) is 23.9 Å². The molecule has 2 atom stereocenters. The van der Waals surface area contributed by atoms with Crippen molar-refractivity contribution < 1.29 is 4.79 Å². The molecule has 0 aromatic heterocycles. The second-order valence-electron chi connectivity index (χ2n) is 4.11. The van der Waals surface area contributed by atoms with Crippen LogP contribution >= 0.6 is 0 Å². The average molecular weight is 213 g/mol. The lowest BCUT2D eigenvalue weighted by molar-refractivity contribution is -0.124. The number of carbonyl (C=O) groups excluding carboxylic acids is 1. The number of amides is 1. The van der Waals surface area contributed by atoms with Crippen LogP contribution in [0.3, 0.4) is 0 Å². The highest BCUT2D eigenvalue weighted by Crippen LogP contribution is 2.43. The highest BCUT2D eigenvalue weighted by molar-refractivity contribution is 5.93. The Morgan fingerprint density at radius 2 is 2.06 bits per heavy atom. The third kappa shape index (κ3) is 2.09. The smallest absolute Gasteiger partial charge is 0.298 e. The van der Waals surface area contributed by atoms with Gasteiger partial charge in [-0.2, -0.15) is 0 Å². The van der Waals surface area contributed by atoms with Gasteiger partial charge >= 0.3 is 0 Å². The van der Waals surface area contributed by atoms with Crippen LogP contribution in [-0.2, 0) is 4.79 Å². The van der Waals surface area contributed by atoms with Crippen molar-refractivity contribution in [1.29, 1.82) is 0 Å². The molecular weight excluding hydrogens is 198 g/mol. The molecule has 0 heterocycles. The molecule has 0 bridgehead atoms. The Balaban J connectivity index is 2.01. The molecule has 0 spiro atoms. The summed E-state index contributed by atoms with van der Waals surface area (Å²) in [4.78, 5) is 13.3. The minimum atomic E-state index is -0.0778. The first-order valence-electron chi connectivity index (χ1n) is 5.48. The fraction of sp³-hybridized carbons (Fsp3) is 0.357. The van der Waals surface area contributed by atoms with E-state index in [1.165, 1.54) is 5.56 Å². The zero-order valence-electron chi connectivity index (χ0n) is 9.60. The molecule has 1 fully saturated rings. The molecule has 1 amide bonds. The largest absolute Gasteiger partial charge is 0.331 e. The van der Waals surface area contributed by atoms with Gasteiger partial charge in [0.05, 0.1) is 0 Å². The second-order valence-corrected chi connectivity index (χ2v) is 4.11. The Bertz CT molecular complexity index is 441. The summed E-state index contributed by atoms with van der Waals surface area (Å²) >= 11 is 0. The van der Waals surface area contributed by atoms with Crippen molar-refractivity contribution in [2.24, 2.45) is 0 Å². The summed E-state index contributed by atoms with van der Waals surface area (Å²) in [6.45, 7) is 1.69. The highest BCUT2D eigenvalue weighted by atomic mass is 16.2. The molecule has 1 aromatic rings. The van der Waals surface area contributed by atoms with Gasteiger partial charge in [-0.25, -0.2) is 0 Å². The first-order valence-corrected chi connectivity index (χ1v) is 5.48. The third-order valence-electron chi connectivity index (χ3n) is 3.03. The third-order valence-corrected chi connectivity index (χ3v) is 3.03. The van der Waals surface area contributed by atoms with E-state index in [4.69, 9.17) is 0 Å². The number of rotatable bonds is 2. The van der Waals surface area contributed by atoms with Gasteiger partial charge in [0.25, 0.3) is 5.91 Å². The molecule has 82 valence electrons. The number of hydrogen-bond donors (Lipinski definition) is 0. The van der Waals surface area contributed by atoms with Crippen molar-refractivity contribution in [2.45, 2.75) is 25.3 Å². The molecule has 1 saturated carbocycles. The normalized spacial score (nSPS) is 21.9. The summed E-state index contributed by atoms with van der Waals surface area (Å²) in [7, 11) is 1.83. The SMILES string of the molecule is CC#CC(=O)N(C)C1CC1c1ccccc1. The van der Waals surface area contributed by atoms with Crippen LogP contribution in [0.2, 0.25) is 0 Å². The average Bonchev–Trinajstić information content (AvgIpc) is 3.09. The van der Waals surface area contributed by atoms with E-state index in [2.05, 4.69) is 24.0 Å². The number of carbonyl (C=O) groups is 1. The van der Waals surface area contributed by atoms with Gasteiger partial charge in [0.15, 0.2) is 0 Å². The summed E-state index contributed by atoms with van der Waals surface area (Å²) in [5, 5.41) is 0. The van der Waals surface area contributed by atoms with Crippen molar-refractivity contribution in [3.63, 3.8) is 0 Å². The van der Waals surface area contributed by atoms with Crippen LogP contribution in [0.5, 0.6) is 0 Å². The minimum Gasteiger partial charge on any atom is -0.331 e. The number of nitrogens with zero attached hydrogens (tertiary/aromatic N) is 1. The van der Waals surface area contributed by atoms with Crippen molar-refractivity contribution in [3.8, 4) is 11.8 Å². The Kier molecular flexibility index (Phi) is 2.96. The molecule has 2 unspecified atom stereocenters. The molecular formula is C14H15NO. The van der Waals surface area contributed by atoms with Crippen LogP contribution < -0.4 is 0 Å². The molecule has 0 aliphatic heterocycles. The fourth-order valence-corrected chi connectivity index (χ4v) is 2.01. The zero-order chi connectivity index (χ0) is 11.5. The molecule has 0 saturated heterocycles. The Hall–Kier alpha value is -1.75. The van der Waals surface area contributed by atoms with E-state index in [0.717, 1.165) is 6.42 Å². The van der Waals surface area contributed by atoms with Gasteiger partial charge < -0.3 is 4.90 Å². The summed E-state index contributed by atoms with van der Waals surface area (Å²) < 4.78 is 0. The summed E-state index contributed by atoms with van der Waals surface area (Å²) in [5.74, 6) is 5.64. The second kappa shape index (κ2) is 4.40. The van der Waals surface area contributed by atoms with Gasteiger partial charge in [0, 0.05) is 19.0 Å². The van der Waals surface area contributed by atoms with Crippen LogP contribution in [0.25, 0.3) is 0 Å². The standard InChI is InChI=1S/C14H15NO/c1-3-7-14(16)15(2)13-10-12(13)11-8-5-4-6-9-11/h4-6,8-9,12-13H,10H2,1-2H3. The Morgan fingerprint density at radius 1 is 1.38 bits per heavy atom. The first kappa shape index (κ1) is 10.8. The predicted octanol–water partition coefficient (Wildman–Crippen LogP) is 2.02. The van der Waals surface area contributed by atoms with E-state index >= 15 is 0 Å². The minimum absolute atomic E-state index is 0.0778. The van der Waals surface area contributed by atoms with Gasteiger partial charge in [-0.3, -0.25) is 4.79 Å². The van der Waals surface area contributed by atoms with Gasteiger partial charge in [-0.15, -0.1) is 0 Å². The van der Waals surface area contributed by atoms with E-state index in [1.807, 2.05) is 25.2 Å². The van der Waals surface area contributed by atoms with Crippen molar-refractivity contribution in [1.82, 2.24) is 4.90 Å². The van der Waals surface area contributed by atoms with Gasteiger partial charge in [-0.05, 0) is 24.8 Å². The maximum atomic E-state index is 11.6. The molecule has 2 nitrogen and oxygen atoms in total. The van der Waals surface area contributed by atoms with Crippen LogP contribution in [0.1, 0.15) is 24.8 Å². The fourth-order valence-electron chi connectivity index (χ4n) is 2.01. The molecule has 1 aliphatic rings. The summed E-state index contributed by atoms with van der Waals surface area (Å²) in [5.41, 5.74) is 1.32. The summed E-state index contributed by atoms with van der Waals surface area (Å²) in [6.07, 6.45) is 1.05. The predicted molar refractivity (Wildman–Crippen MR) is 63.8 cm³/mol. The lowest BCUT2D eigenvalue weighted by atomic mass is 10.1.